The van der Waals surface area contributed by atoms with Crippen LogP contribution in [0.25, 0.3) is 0 Å². The van der Waals surface area contributed by atoms with Gasteiger partial charge in [0.2, 0.25) is 5.91 Å². The van der Waals surface area contributed by atoms with Gasteiger partial charge < -0.3 is 15.7 Å². The minimum Gasteiger partial charge on any atom is -0.506 e. The minimum atomic E-state index is -0.399. The molecule has 2 aromatic rings. The molecule has 0 saturated carbocycles. The molecule has 2 amide bonds. The Kier molecular flexibility index (Phi) is 5.70. The van der Waals surface area contributed by atoms with Crippen LogP contribution < -0.4 is 10.6 Å². The Hall–Kier alpha value is -2.82. The van der Waals surface area contributed by atoms with Crippen LogP contribution in [0.15, 0.2) is 36.4 Å². The second-order valence-electron chi connectivity index (χ2n) is 7.59. The van der Waals surface area contributed by atoms with E-state index in [4.69, 9.17) is 0 Å². The van der Waals surface area contributed by atoms with Crippen LogP contribution in [-0.4, -0.2) is 23.5 Å². The highest BCUT2D eigenvalue weighted by Crippen LogP contribution is 2.30. The van der Waals surface area contributed by atoms with Crippen molar-refractivity contribution in [2.75, 3.05) is 11.9 Å². The van der Waals surface area contributed by atoms with Gasteiger partial charge in [-0.05, 0) is 49.1 Å². The van der Waals surface area contributed by atoms with Crippen molar-refractivity contribution in [2.24, 2.45) is 0 Å². The maximum Gasteiger partial charge on any atom is 0.251 e. The van der Waals surface area contributed by atoms with Crippen molar-refractivity contribution in [1.82, 2.24) is 5.32 Å². The molecular formula is C21H26N2O3. The van der Waals surface area contributed by atoms with Gasteiger partial charge in [0.05, 0.1) is 12.2 Å². The van der Waals surface area contributed by atoms with Gasteiger partial charge in [-0.3, -0.25) is 9.59 Å². The summed E-state index contributed by atoms with van der Waals surface area (Å²) in [4.78, 5) is 24.4. The Morgan fingerprint density at radius 1 is 1.00 bits per heavy atom. The van der Waals surface area contributed by atoms with E-state index in [2.05, 4.69) is 31.4 Å². The lowest BCUT2D eigenvalue weighted by atomic mass is 9.87. The second-order valence-corrected chi connectivity index (χ2v) is 7.59. The summed E-state index contributed by atoms with van der Waals surface area (Å²) in [5.41, 5.74) is 3.72. The molecule has 5 heteroatoms. The Morgan fingerprint density at radius 2 is 1.62 bits per heavy atom. The number of phenols is 1. The molecular weight excluding hydrogens is 328 g/mol. The van der Waals surface area contributed by atoms with Crippen molar-refractivity contribution in [1.29, 1.82) is 0 Å². The number of hydrogen-bond acceptors (Lipinski definition) is 3. The Labute approximate surface area is 154 Å². The van der Waals surface area contributed by atoms with Crippen LogP contribution in [0.1, 0.15) is 47.8 Å². The first-order valence-corrected chi connectivity index (χ1v) is 8.56. The SMILES string of the molecule is Cc1cc(C)cc(C(=O)NCC(=O)Nc2cc(C(C)(C)C)ccc2O)c1. The molecule has 0 atom stereocenters. The molecule has 5 nitrogen and oxygen atoms in total. The molecule has 0 aromatic heterocycles. The number of hydrogen-bond donors (Lipinski definition) is 3. The lowest BCUT2D eigenvalue weighted by Gasteiger charge is -2.20. The third-order valence-electron chi connectivity index (χ3n) is 4.03. The molecule has 0 fully saturated rings. The van der Waals surface area contributed by atoms with Gasteiger partial charge in [0.15, 0.2) is 0 Å². The monoisotopic (exact) mass is 354 g/mol. The largest absolute Gasteiger partial charge is 0.506 e. The zero-order chi connectivity index (χ0) is 19.5. The fourth-order valence-corrected chi connectivity index (χ4v) is 2.67. The van der Waals surface area contributed by atoms with Crippen LogP contribution >= 0.6 is 0 Å². The van der Waals surface area contributed by atoms with Crippen LogP contribution in [0.3, 0.4) is 0 Å². The van der Waals surface area contributed by atoms with Crippen molar-refractivity contribution in [3.05, 3.63) is 58.7 Å². The number of nitrogens with one attached hydrogen (secondary N) is 2. The highest BCUT2D eigenvalue weighted by atomic mass is 16.3. The maximum absolute atomic E-state index is 12.2. The van der Waals surface area contributed by atoms with Crippen LogP contribution in [0.4, 0.5) is 5.69 Å². The predicted octanol–water partition coefficient (Wildman–Crippen LogP) is 3.68. The van der Waals surface area contributed by atoms with Crippen LogP contribution in [0.5, 0.6) is 5.75 Å². The number of phenolic OH excluding ortho intramolecular Hbond substituents is 1. The van der Waals surface area contributed by atoms with E-state index in [-0.39, 0.29) is 23.6 Å². The lowest BCUT2D eigenvalue weighted by Crippen LogP contribution is -2.33. The zero-order valence-electron chi connectivity index (χ0n) is 15.9. The average Bonchev–Trinajstić information content (AvgIpc) is 2.52. The summed E-state index contributed by atoms with van der Waals surface area (Å²) in [5.74, 6) is -0.712. The molecule has 0 bridgehead atoms. The first-order chi connectivity index (χ1) is 12.1. The van der Waals surface area contributed by atoms with Crippen molar-refractivity contribution in [3.63, 3.8) is 0 Å². The summed E-state index contributed by atoms with van der Waals surface area (Å²) >= 11 is 0. The summed E-state index contributed by atoms with van der Waals surface area (Å²) in [5, 5.41) is 15.2. The number of benzene rings is 2. The van der Waals surface area contributed by atoms with E-state index in [9.17, 15) is 14.7 Å². The number of carbonyl (C=O) groups excluding carboxylic acids is 2. The number of anilines is 1. The molecule has 0 spiro atoms. The highest BCUT2D eigenvalue weighted by molar-refractivity contribution is 6.00. The van der Waals surface area contributed by atoms with E-state index in [1.54, 1.807) is 24.3 Å². The van der Waals surface area contributed by atoms with Crippen LogP contribution in [0, 0.1) is 13.8 Å². The van der Waals surface area contributed by atoms with Gasteiger partial charge in [0, 0.05) is 5.56 Å². The Bertz CT molecular complexity index is 815. The van der Waals surface area contributed by atoms with Crippen molar-refractivity contribution < 1.29 is 14.7 Å². The molecule has 0 radical (unpaired) electrons. The van der Waals surface area contributed by atoms with E-state index >= 15 is 0 Å². The Balaban J connectivity index is 2.02. The average molecular weight is 354 g/mol. The van der Waals surface area contributed by atoms with E-state index < -0.39 is 5.91 Å². The molecule has 26 heavy (non-hydrogen) atoms. The third-order valence-corrected chi connectivity index (χ3v) is 4.03. The third kappa shape index (κ3) is 5.09. The first kappa shape index (κ1) is 19.5. The molecule has 2 aromatic carbocycles. The van der Waals surface area contributed by atoms with Gasteiger partial charge in [-0.2, -0.15) is 0 Å². The van der Waals surface area contributed by atoms with Gasteiger partial charge in [0.25, 0.3) is 5.91 Å². The van der Waals surface area contributed by atoms with E-state index in [1.165, 1.54) is 0 Å². The smallest absolute Gasteiger partial charge is 0.251 e. The summed E-state index contributed by atoms with van der Waals surface area (Å²) in [7, 11) is 0. The Morgan fingerprint density at radius 3 is 2.19 bits per heavy atom. The van der Waals surface area contributed by atoms with Crippen molar-refractivity contribution >= 4 is 17.5 Å². The van der Waals surface area contributed by atoms with Gasteiger partial charge in [-0.15, -0.1) is 0 Å². The summed E-state index contributed by atoms with van der Waals surface area (Å²) in [6.45, 7) is 9.81. The second kappa shape index (κ2) is 7.60. The highest BCUT2D eigenvalue weighted by Gasteiger charge is 2.17. The quantitative estimate of drug-likeness (QED) is 0.733. The molecule has 2 rings (SSSR count). The van der Waals surface area contributed by atoms with Crippen LogP contribution in [-0.2, 0) is 10.2 Å². The fraction of sp³-hybridized carbons (Fsp3) is 0.333. The summed E-state index contributed by atoms with van der Waals surface area (Å²) < 4.78 is 0. The molecule has 0 aliphatic carbocycles. The van der Waals surface area contributed by atoms with E-state index in [1.807, 2.05) is 26.0 Å². The zero-order valence-corrected chi connectivity index (χ0v) is 15.9. The molecule has 138 valence electrons. The van der Waals surface area contributed by atoms with Gasteiger partial charge in [-0.25, -0.2) is 0 Å². The van der Waals surface area contributed by atoms with Crippen molar-refractivity contribution in [2.45, 2.75) is 40.0 Å². The van der Waals surface area contributed by atoms with Crippen LogP contribution in [0.2, 0.25) is 0 Å². The van der Waals surface area contributed by atoms with E-state index in [0.717, 1.165) is 16.7 Å². The summed E-state index contributed by atoms with van der Waals surface area (Å²) in [6.07, 6.45) is 0. The van der Waals surface area contributed by atoms with Gasteiger partial charge in [0.1, 0.15) is 5.75 Å². The normalized spacial score (nSPS) is 11.1. The first-order valence-electron chi connectivity index (χ1n) is 8.56. The molecule has 0 aliphatic rings. The number of rotatable bonds is 4. The molecule has 0 saturated heterocycles. The standard InChI is InChI=1S/C21H26N2O3/c1-13-8-14(2)10-15(9-13)20(26)22-12-19(25)23-17-11-16(21(3,4)5)6-7-18(17)24/h6-11,24H,12H2,1-5H3,(H,22,26)(H,23,25). The van der Waals surface area contributed by atoms with E-state index in [0.29, 0.717) is 11.3 Å². The predicted molar refractivity (Wildman–Crippen MR) is 104 cm³/mol. The topological polar surface area (TPSA) is 78.4 Å². The molecule has 0 heterocycles. The fourth-order valence-electron chi connectivity index (χ4n) is 2.67. The molecule has 3 N–H and O–H groups in total. The number of aromatic hydroxyl groups is 1. The summed E-state index contributed by atoms with van der Waals surface area (Å²) in [6, 6.07) is 10.7. The molecule has 0 unspecified atom stereocenters. The van der Waals surface area contributed by atoms with Gasteiger partial charge >= 0.3 is 0 Å². The number of carbonyl (C=O) groups is 2. The molecule has 0 aliphatic heterocycles. The number of amides is 2. The lowest BCUT2D eigenvalue weighted by molar-refractivity contribution is -0.115. The minimum absolute atomic E-state index is 0.00742. The van der Waals surface area contributed by atoms with Gasteiger partial charge in [-0.1, -0.05) is 44.0 Å². The van der Waals surface area contributed by atoms with Crippen molar-refractivity contribution in [3.8, 4) is 5.75 Å². The number of aryl methyl sites for hydroxylation is 2. The maximum atomic E-state index is 12.2.